The van der Waals surface area contributed by atoms with Crippen molar-refractivity contribution in [1.29, 1.82) is 5.26 Å². The van der Waals surface area contributed by atoms with Gasteiger partial charge in [-0.2, -0.15) is 5.26 Å². The number of carbonyl (C=O) groups is 1. The second-order valence-electron chi connectivity index (χ2n) is 2.87. The third kappa shape index (κ3) is 4.73. The molecule has 0 aromatic heterocycles. The summed E-state index contributed by atoms with van der Waals surface area (Å²) in [4.78, 5) is 10.4. The number of carboxylic acid groups (broad SMARTS) is 1. The van der Waals surface area contributed by atoms with Crippen molar-refractivity contribution in [2.75, 3.05) is 0 Å². The van der Waals surface area contributed by atoms with Crippen LogP contribution < -0.4 is 0 Å². The van der Waals surface area contributed by atoms with Crippen molar-refractivity contribution >= 4 is 5.97 Å². The second kappa shape index (κ2) is 6.66. The van der Waals surface area contributed by atoms with Crippen molar-refractivity contribution in [3.8, 4) is 6.07 Å². The number of hydrogen-bond donors (Lipinski definition) is 1. The first-order chi connectivity index (χ1) is 5.72. The molecule has 1 atom stereocenters. The van der Waals surface area contributed by atoms with Crippen LogP contribution in [0.3, 0.4) is 0 Å². The molecule has 0 spiro atoms. The number of carboxylic acids is 1. The van der Waals surface area contributed by atoms with Gasteiger partial charge in [0.1, 0.15) is 5.92 Å². The fraction of sp³-hybridized carbons (Fsp3) is 0.778. The highest BCUT2D eigenvalue weighted by atomic mass is 16.4. The van der Waals surface area contributed by atoms with Crippen molar-refractivity contribution in [3.05, 3.63) is 0 Å². The fourth-order valence-electron chi connectivity index (χ4n) is 1.02. The quantitative estimate of drug-likeness (QED) is 0.620. The fourth-order valence-corrected chi connectivity index (χ4v) is 1.02. The summed E-state index contributed by atoms with van der Waals surface area (Å²) in [6.45, 7) is 2.10. The van der Waals surface area contributed by atoms with Crippen molar-refractivity contribution < 1.29 is 9.90 Å². The lowest BCUT2D eigenvalue weighted by atomic mass is 10.0. The van der Waals surface area contributed by atoms with Crippen LogP contribution in [0.2, 0.25) is 0 Å². The largest absolute Gasteiger partial charge is 0.480 e. The van der Waals surface area contributed by atoms with E-state index in [1.807, 2.05) is 0 Å². The number of hydrogen-bond acceptors (Lipinski definition) is 2. The molecule has 0 fully saturated rings. The molecule has 0 radical (unpaired) electrons. The van der Waals surface area contributed by atoms with Gasteiger partial charge in [-0.1, -0.05) is 32.6 Å². The highest BCUT2D eigenvalue weighted by Crippen LogP contribution is 2.10. The monoisotopic (exact) mass is 169 g/mol. The summed E-state index contributed by atoms with van der Waals surface area (Å²) in [5.74, 6) is -1.80. The first-order valence-corrected chi connectivity index (χ1v) is 4.34. The Bertz CT molecular complexity index is 172. The van der Waals surface area contributed by atoms with Gasteiger partial charge in [-0.15, -0.1) is 0 Å². The van der Waals surface area contributed by atoms with Crippen molar-refractivity contribution in [2.24, 2.45) is 5.92 Å². The molecular formula is C9H15NO2. The average Bonchev–Trinajstić information content (AvgIpc) is 2.04. The molecule has 0 unspecified atom stereocenters. The second-order valence-corrected chi connectivity index (χ2v) is 2.87. The molecule has 0 saturated carbocycles. The van der Waals surface area contributed by atoms with Gasteiger partial charge in [-0.25, -0.2) is 0 Å². The summed E-state index contributed by atoms with van der Waals surface area (Å²) < 4.78 is 0. The predicted octanol–water partition coefficient (Wildman–Crippen LogP) is 2.18. The third-order valence-electron chi connectivity index (χ3n) is 1.80. The number of nitriles is 1. The van der Waals surface area contributed by atoms with E-state index in [4.69, 9.17) is 10.4 Å². The summed E-state index contributed by atoms with van der Waals surface area (Å²) in [7, 11) is 0. The topological polar surface area (TPSA) is 61.1 Å². The minimum Gasteiger partial charge on any atom is -0.480 e. The minimum atomic E-state index is -0.992. The Labute approximate surface area is 73.0 Å². The van der Waals surface area contributed by atoms with Crippen molar-refractivity contribution in [1.82, 2.24) is 0 Å². The standard InChI is InChI=1S/C9H15NO2/c1-2-3-4-5-6-8(7-10)9(11)12/h8H,2-6H2,1H3,(H,11,12)/t8-/m0/s1. The zero-order chi connectivity index (χ0) is 9.40. The molecule has 68 valence electrons. The van der Waals surface area contributed by atoms with E-state index in [-0.39, 0.29) is 0 Å². The van der Waals surface area contributed by atoms with Gasteiger partial charge >= 0.3 is 5.97 Å². The molecule has 0 aliphatic carbocycles. The summed E-state index contributed by atoms with van der Waals surface area (Å²) >= 11 is 0. The Morgan fingerprint density at radius 2 is 2.17 bits per heavy atom. The summed E-state index contributed by atoms with van der Waals surface area (Å²) in [6, 6.07) is 1.78. The smallest absolute Gasteiger partial charge is 0.320 e. The van der Waals surface area contributed by atoms with E-state index in [2.05, 4.69) is 6.92 Å². The molecule has 0 aromatic rings. The molecule has 0 amide bonds. The maximum absolute atomic E-state index is 10.4. The van der Waals surface area contributed by atoms with Crippen LogP contribution in [-0.4, -0.2) is 11.1 Å². The molecule has 1 N–H and O–H groups in total. The van der Waals surface area contributed by atoms with E-state index < -0.39 is 11.9 Å². The van der Waals surface area contributed by atoms with Crippen LogP contribution >= 0.6 is 0 Å². The maximum Gasteiger partial charge on any atom is 0.320 e. The molecular weight excluding hydrogens is 154 g/mol. The molecule has 0 rings (SSSR count). The predicted molar refractivity (Wildman–Crippen MR) is 45.5 cm³/mol. The van der Waals surface area contributed by atoms with E-state index in [1.165, 1.54) is 0 Å². The Hall–Kier alpha value is -1.04. The Morgan fingerprint density at radius 3 is 2.58 bits per heavy atom. The number of unbranched alkanes of at least 4 members (excludes halogenated alkanes) is 3. The third-order valence-corrected chi connectivity index (χ3v) is 1.80. The van der Waals surface area contributed by atoms with Crippen molar-refractivity contribution in [2.45, 2.75) is 39.0 Å². The zero-order valence-electron chi connectivity index (χ0n) is 7.42. The summed E-state index contributed by atoms with van der Waals surface area (Å²) in [5.41, 5.74) is 0. The Kier molecular flexibility index (Phi) is 6.08. The van der Waals surface area contributed by atoms with Gasteiger partial charge in [0.2, 0.25) is 0 Å². The number of rotatable bonds is 6. The lowest BCUT2D eigenvalue weighted by Crippen LogP contribution is -2.10. The van der Waals surface area contributed by atoms with Gasteiger partial charge in [0.15, 0.2) is 0 Å². The highest BCUT2D eigenvalue weighted by molar-refractivity contribution is 5.72. The molecule has 0 saturated heterocycles. The van der Waals surface area contributed by atoms with Crippen LogP contribution in [0.4, 0.5) is 0 Å². The normalized spacial score (nSPS) is 12.0. The summed E-state index contributed by atoms with van der Waals surface area (Å²) in [5, 5.41) is 16.9. The summed E-state index contributed by atoms with van der Waals surface area (Å²) in [6.07, 6.45) is 4.62. The number of aliphatic carboxylic acids is 1. The molecule has 0 aliphatic rings. The molecule has 0 bridgehead atoms. The van der Waals surface area contributed by atoms with E-state index in [0.717, 1.165) is 25.7 Å². The van der Waals surface area contributed by atoms with Crippen molar-refractivity contribution in [3.63, 3.8) is 0 Å². The van der Waals surface area contributed by atoms with Crippen LogP contribution in [-0.2, 0) is 4.79 Å². The van der Waals surface area contributed by atoms with E-state index in [1.54, 1.807) is 6.07 Å². The molecule has 0 aliphatic heterocycles. The van der Waals surface area contributed by atoms with Crippen LogP contribution in [0.15, 0.2) is 0 Å². The molecule has 0 aromatic carbocycles. The average molecular weight is 169 g/mol. The maximum atomic E-state index is 10.4. The molecule has 0 heterocycles. The van der Waals surface area contributed by atoms with E-state index >= 15 is 0 Å². The van der Waals surface area contributed by atoms with Gasteiger partial charge in [-0.05, 0) is 6.42 Å². The van der Waals surface area contributed by atoms with Gasteiger partial charge in [-0.3, -0.25) is 4.79 Å². The minimum absolute atomic E-state index is 0.492. The van der Waals surface area contributed by atoms with Crippen LogP contribution in [0, 0.1) is 17.2 Å². The zero-order valence-corrected chi connectivity index (χ0v) is 7.42. The highest BCUT2D eigenvalue weighted by Gasteiger charge is 2.14. The molecule has 3 nitrogen and oxygen atoms in total. The van der Waals surface area contributed by atoms with Crippen LogP contribution in [0.25, 0.3) is 0 Å². The number of nitrogens with zero attached hydrogens (tertiary/aromatic N) is 1. The first kappa shape index (κ1) is 11.0. The van der Waals surface area contributed by atoms with Gasteiger partial charge in [0.05, 0.1) is 6.07 Å². The lowest BCUT2D eigenvalue weighted by molar-refractivity contribution is -0.140. The molecule has 3 heteroatoms. The van der Waals surface area contributed by atoms with Crippen LogP contribution in [0.1, 0.15) is 39.0 Å². The van der Waals surface area contributed by atoms with Gasteiger partial charge < -0.3 is 5.11 Å². The SMILES string of the molecule is CCCCCC[C@@H](C#N)C(=O)O. The van der Waals surface area contributed by atoms with Crippen LogP contribution in [0.5, 0.6) is 0 Å². The first-order valence-electron chi connectivity index (χ1n) is 4.34. The van der Waals surface area contributed by atoms with E-state index in [9.17, 15) is 4.79 Å². The Balaban J connectivity index is 3.47. The lowest BCUT2D eigenvalue weighted by Gasteiger charge is -2.01. The Morgan fingerprint density at radius 1 is 1.50 bits per heavy atom. The van der Waals surface area contributed by atoms with Gasteiger partial charge in [0.25, 0.3) is 0 Å². The molecule has 12 heavy (non-hydrogen) atoms. The van der Waals surface area contributed by atoms with E-state index in [0.29, 0.717) is 6.42 Å². The van der Waals surface area contributed by atoms with Gasteiger partial charge in [0, 0.05) is 0 Å².